The van der Waals surface area contributed by atoms with Crippen LogP contribution in [0.1, 0.15) is 40.4 Å². The molecular formula is C21H25N5O4. The quantitative estimate of drug-likeness (QED) is 0.422. The van der Waals surface area contributed by atoms with Gasteiger partial charge in [-0.15, -0.1) is 0 Å². The lowest BCUT2D eigenvalue weighted by molar-refractivity contribution is -0.118. The molecule has 0 spiro atoms. The van der Waals surface area contributed by atoms with Gasteiger partial charge in [-0.3, -0.25) is 14.4 Å². The van der Waals surface area contributed by atoms with E-state index < -0.39 is 29.8 Å². The lowest BCUT2D eigenvalue weighted by Crippen LogP contribution is -2.35. The van der Waals surface area contributed by atoms with Crippen molar-refractivity contribution >= 4 is 29.4 Å². The maximum Gasteiger partial charge on any atom is 0.312 e. The van der Waals surface area contributed by atoms with Crippen molar-refractivity contribution < 1.29 is 19.2 Å². The van der Waals surface area contributed by atoms with Gasteiger partial charge in [0.1, 0.15) is 0 Å². The van der Waals surface area contributed by atoms with Crippen molar-refractivity contribution in [3.05, 3.63) is 65.2 Å². The Kier molecular flexibility index (Phi) is 7.92. The van der Waals surface area contributed by atoms with Crippen molar-refractivity contribution in [3.8, 4) is 0 Å². The van der Waals surface area contributed by atoms with E-state index in [2.05, 4.69) is 16.0 Å². The van der Waals surface area contributed by atoms with Gasteiger partial charge in [-0.05, 0) is 30.2 Å². The molecule has 0 radical (unpaired) electrons. The Balaban J connectivity index is 2.12. The first kappa shape index (κ1) is 22.4. The molecular weight excluding hydrogens is 386 g/mol. The van der Waals surface area contributed by atoms with E-state index in [9.17, 15) is 19.2 Å². The predicted octanol–water partition coefficient (Wildman–Crippen LogP) is 1.34. The zero-order chi connectivity index (χ0) is 22.1. The van der Waals surface area contributed by atoms with Crippen molar-refractivity contribution in [1.29, 1.82) is 0 Å². The Morgan fingerprint density at radius 1 is 0.967 bits per heavy atom. The number of anilines is 1. The smallest absolute Gasteiger partial charge is 0.312 e. The van der Waals surface area contributed by atoms with Gasteiger partial charge in [-0.2, -0.15) is 0 Å². The zero-order valence-corrected chi connectivity index (χ0v) is 16.6. The van der Waals surface area contributed by atoms with Crippen LogP contribution in [0.2, 0.25) is 0 Å². The van der Waals surface area contributed by atoms with Gasteiger partial charge in [-0.1, -0.05) is 36.4 Å². The third kappa shape index (κ3) is 6.62. The number of carbonyl (C=O) groups excluding carboxylic acids is 4. The lowest BCUT2D eigenvalue weighted by atomic mass is 9.98. The number of nitrogens with one attached hydrogen (secondary N) is 3. The summed E-state index contributed by atoms with van der Waals surface area (Å²) in [6.07, 6.45) is -0.0669. The summed E-state index contributed by atoms with van der Waals surface area (Å²) in [6, 6.07) is 12.4. The largest absolute Gasteiger partial charge is 0.370 e. The number of hydrogen-bond acceptors (Lipinski definition) is 4. The molecule has 2 aromatic carbocycles. The molecule has 0 aliphatic heterocycles. The summed E-state index contributed by atoms with van der Waals surface area (Å²) < 4.78 is 0. The number of amides is 5. The van der Waals surface area contributed by atoms with Crippen LogP contribution in [0.5, 0.6) is 0 Å². The zero-order valence-electron chi connectivity index (χ0n) is 16.6. The first-order valence-electron chi connectivity index (χ1n) is 9.34. The van der Waals surface area contributed by atoms with Crippen LogP contribution in [-0.4, -0.2) is 30.3 Å². The third-order valence-corrected chi connectivity index (χ3v) is 4.37. The number of urea groups is 1. The highest BCUT2D eigenvalue weighted by Gasteiger charge is 2.20. The van der Waals surface area contributed by atoms with E-state index >= 15 is 0 Å². The Morgan fingerprint density at radius 2 is 1.63 bits per heavy atom. The van der Waals surface area contributed by atoms with Crippen LogP contribution in [0, 0.1) is 6.92 Å². The number of rotatable bonds is 9. The Hall–Kier alpha value is -3.88. The van der Waals surface area contributed by atoms with Gasteiger partial charge in [0.15, 0.2) is 0 Å². The fraction of sp³-hybridized carbons (Fsp3) is 0.238. The molecule has 0 aliphatic carbocycles. The average molecular weight is 411 g/mol. The van der Waals surface area contributed by atoms with Crippen LogP contribution in [0.4, 0.5) is 10.5 Å². The highest BCUT2D eigenvalue weighted by atomic mass is 16.2. The minimum atomic E-state index is -0.745. The molecule has 0 bridgehead atoms. The van der Waals surface area contributed by atoms with E-state index in [1.165, 1.54) is 0 Å². The molecule has 0 aliphatic rings. The molecule has 9 heteroatoms. The summed E-state index contributed by atoms with van der Waals surface area (Å²) in [7, 11) is 0. The maximum atomic E-state index is 12.7. The van der Waals surface area contributed by atoms with Gasteiger partial charge in [0.05, 0.1) is 23.7 Å². The van der Waals surface area contributed by atoms with E-state index in [4.69, 9.17) is 11.5 Å². The number of nitrogens with two attached hydrogens (primary N) is 2. The monoisotopic (exact) mass is 411 g/mol. The fourth-order valence-electron chi connectivity index (χ4n) is 2.96. The molecule has 0 heterocycles. The van der Waals surface area contributed by atoms with Crippen molar-refractivity contribution in [2.24, 2.45) is 11.5 Å². The van der Waals surface area contributed by atoms with Gasteiger partial charge < -0.3 is 27.4 Å². The van der Waals surface area contributed by atoms with E-state index in [0.29, 0.717) is 5.69 Å². The van der Waals surface area contributed by atoms with Crippen LogP contribution in [0.3, 0.4) is 0 Å². The Labute approximate surface area is 174 Å². The summed E-state index contributed by atoms with van der Waals surface area (Å²) in [5.41, 5.74) is 12.6. The van der Waals surface area contributed by atoms with Gasteiger partial charge in [0.2, 0.25) is 11.8 Å². The van der Waals surface area contributed by atoms with Gasteiger partial charge in [0.25, 0.3) is 5.91 Å². The average Bonchev–Trinajstić information content (AvgIpc) is 2.67. The van der Waals surface area contributed by atoms with Gasteiger partial charge in [-0.25, -0.2) is 4.79 Å². The Bertz CT molecular complexity index is 944. The second-order valence-corrected chi connectivity index (χ2v) is 6.69. The molecule has 30 heavy (non-hydrogen) atoms. The summed E-state index contributed by atoms with van der Waals surface area (Å²) in [5, 5.41) is 7.86. The van der Waals surface area contributed by atoms with E-state index in [1.807, 2.05) is 31.2 Å². The first-order chi connectivity index (χ1) is 14.3. The minimum Gasteiger partial charge on any atom is -0.370 e. The molecule has 5 amide bonds. The molecule has 9 nitrogen and oxygen atoms in total. The van der Waals surface area contributed by atoms with Crippen molar-refractivity contribution in [2.75, 3.05) is 11.9 Å². The molecule has 7 N–H and O–H groups in total. The maximum absolute atomic E-state index is 12.7. The second kappa shape index (κ2) is 10.6. The standard InChI is InChI=1S/C21H25N5O4/c1-13-6-2-3-7-14(13)17(26-21(23)30)12-19(28)25-16-9-5-4-8-15(16)20(29)24-11-10-18(22)27/h2-9,17H,10-12H2,1H3,(H2,22,27)(H,24,29)(H,25,28)(H3,23,26,30). The molecule has 0 aromatic heterocycles. The first-order valence-corrected chi connectivity index (χ1v) is 9.34. The van der Waals surface area contributed by atoms with E-state index in [1.54, 1.807) is 24.3 Å². The van der Waals surface area contributed by atoms with Gasteiger partial charge >= 0.3 is 6.03 Å². The predicted molar refractivity (Wildman–Crippen MR) is 112 cm³/mol. The summed E-state index contributed by atoms with van der Waals surface area (Å²) in [4.78, 5) is 47.3. The molecule has 0 saturated carbocycles. The number of hydrogen-bond donors (Lipinski definition) is 5. The fourth-order valence-corrected chi connectivity index (χ4v) is 2.96. The summed E-state index contributed by atoms with van der Waals surface area (Å²) in [6.45, 7) is 1.96. The summed E-state index contributed by atoms with van der Waals surface area (Å²) in [5.74, 6) is -1.38. The number of carbonyl (C=O) groups is 4. The molecule has 2 rings (SSSR count). The normalized spacial score (nSPS) is 11.2. The molecule has 2 aromatic rings. The Morgan fingerprint density at radius 3 is 2.30 bits per heavy atom. The van der Waals surface area contributed by atoms with Crippen LogP contribution >= 0.6 is 0 Å². The van der Waals surface area contributed by atoms with Gasteiger partial charge in [0, 0.05) is 13.0 Å². The number of primary amides is 2. The molecule has 0 fully saturated rings. The second-order valence-electron chi connectivity index (χ2n) is 6.69. The SMILES string of the molecule is Cc1ccccc1C(CC(=O)Nc1ccccc1C(=O)NCCC(N)=O)NC(N)=O. The molecule has 1 atom stereocenters. The topological polar surface area (TPSA) is 156 Å². The van der Waals surface area contributed by atoms with Crippen molar-refractivity contribution in [2.45, 2.75) is 25.8 Å². The third-order valence-electron chi connectivity index (χ3n) is 4.37. The van der Waals surface area contributed by atoms with E-state index in [0.717, 1.165) is 11.1 Å². The highest BCUT2D eigenvalue weighted by molar-refractivity contribution is 6.04. The molecule has 1 unspecified atom stereocenters. The number of benzene rings is 2. The van der Waals surface area contributed by atoms with E-state index in [-0.39, 0.29) is 24.9 Å². The summed E-state index contributed by atoms with van der Waals surface area (Å²) >= 11 is 0. The van der Waals surface area contributed by atoms with Crippen molar-refractivity contribution in [3.63, 3.8) is 0 Å². The highest BCUT2D eigenvalue weighted by Crippen LogP contribution is 2.22. The lowest BCUT2D eigenvalue weighted by Gasteiger charge is -2.20. The van der Waals surface area contributed by atoms with Crippen molar-refractivity contribution in [1.82, 2.24) is 10.6 Å². The minimum absolute atomic E-state index is 0.0111. The van der Waals surface area contributed by atoms with Crippen LogP contribution < -0.4 is 27.4 Å². The van der Waals surface area contributed by atoms with Crippen LogP contribution in [0.15, 0.2) is 48.5 Å². The van der Waals surface area contributed by atoms with Crippen LogP contribution in [0.25, 0.3) is 0 Å². The number of para-hydroxylation sites is 1. The number of aryl methyl sites for hydroxylation is 1. The van der Waals surface area contributed by atoms with Crippen LogP contribution in [-0.2, 0) is 9.59 Å². The molecule has 158 valence electrons. The molecule has 0 saturated heterocycles.